The molecule has 0 bridgehead atoms. The number of nitrogens with one attached hydrogen (secondary N) is 2. The first kappa shape index (κ1) is 12.1. The van der Waals surface area contributed by atoms with Crippen LogP contribution in [0.1, 0.15) is 44.3 Å². The third kappa shape index (κ3) is 3.56. The van der Waals surface area contributed by atoms with Crippen LogP contribution in [-0.2, 0) is 0 Å². The maximum Gasteiger partial charge on any atom is 0.252 e. The Morgan fingerprint density at radius 3 is 3.06 bits per heavy atom. The van der Waals surface area contributed by atoms with Crippen molar-refractivity contribution < 1.29 is 0 Å². The SMILES string of the molecule is CCC(N)CCNc1cc(=O)[nH]c(C2CC2)n1. The van der Waals surface area contributed by atoms with Gasteiger partial charge in [0.1, 0.15) is 11.6 Å². The number of nitrogens with zero attached hydrogens (tertiary/aromatic N) is 1. The summed E-state index contributed by atoms with van der Waals surface area (Å²) in [6.07, 6.45) is 4.13. The van der Waals surface area contributed by atoms with Crippen LogP contribution in [0.4, 0.5) is 5.82 Å². The molecule has 0 aliphatic heterocycles. The lowest BCUT2D eigenvalue weighted by molar-refractivity contribution is 0.613. The normalized spacial score (nSPS) is 16.8. The molecule has 1 heterocycles. The number of aromatic amines is 1. The molecule has 1 saturated carbocycles. The van der Waals surface area contributed by atoms with Crippen LogP contribution < -0.4 is 16.6 Å². The summed E-state index contributed by atoms with van der Waals surface area (Å²) in [5.41, 5.74) is 5.75. The second-order valence-electron chi connectivity index (χ2n) is 4.67. The van der Waals surface area contributed by atoms with E-state index in [1.807, 2.05) is 0 Å². The Morgan fingerprint density at radius 1 is 1.65 bits per heavy atom. The van der Waals surface area contributed by atoms with Crippen molar-refractivity contribution in [2.45, 2.75) is 44.6 Å². The van der Waals surface area contributed by atoms with Gasteiger partial charge in [0.05, 0.1) is 0 Å². The van der Waals surface area contributed by atoms with Crippen LogP contribution in [0.5, 0.6) is 0 Å². The Kier molecular flexibility index (Phi) is 3.78. The summed E-state index contributed by atoms with van der Waals surface area (Å²) in [5, 5.41) is 3.16. The monoisotopic (exact) mass is 236 g/mol. The van der Waals surface area contributed by atoms with Gasteiger partial charge in [-0.05, 0) is 25.7 Å². The van der Waals surface area contributed by atoms with Gasteiger partial charge in [-0.2, -0.15) is 0 Å². The highest BCUT2D eigenvalue weighted by molar-refractivity contribution is 5.33. The zero-order valence-corrected chi connectivity index (χ0v) is 10.2. The van der Waals surface area contributed by atoms with E-state index in [0.717, 1.165) is 38.1 Å². The molecular formula is C12H20N4O. The first-order valence-electron chi connectivity index (χ1n) is 6.29. The van der Waals surface area contributed by atoms with E-state index < -0.39 is 0 Å². The first-order chi connectivity index (χ1) is 8.19. The summed E-state index contributed by atoms with van der Waals surface area (Å²) in [7, 11) is 0. The fourth-order valence-electron chi connectivity index (χ4n) is 1.71. The molecule has 1 aromatic heterocycles. The van der Waals surface area contributed by atoms with Gasteiger partial charge in [-0.15, -0.1) is 0 Å². The van der Waals surface area contributed by atoms with Gasteiger partial charge in [-0.25, -0.2) is 4.98 Å². The van der Waals surface area contributed by atoms with Crippen LogP contribution in [-0.4, -0.2) is 22.6 Å². The lowest BCUT2D eigenvalue weighted by Gasteiger charge is -2.10. The van der Waals surface area contributed by atoms with E-state index in [9.17, 15) is 4.79 Å². The number of aromatic nitrogens is 2. The van der Waals surface area contributed by atoms with E-state index in [2.05, 4.69) is 22.2 Å². The van der Waals surface area contributed by atoms with Crippen molar-refractivity contribution in [3.05, 3.63) is 22.2 Å². The zero-order chi connectivity index (χ0) is 12.3. The van der Waals surface area contributed by atoms with Gasteiger partial charge < -0.3 is 16.0 Å². The minimum Gasteiger partial charge on any atom is -0.370 e. The number of rotatable bonds is 6. The lowest BCUT2D eigenvalue weighted by atomic mass is 10.2. The van der Waals surface area contributed by atoms with Crippen LogP contribution in [0.2, 0.25) is 0 Å². The molecule has 0 radical (unpaired) electrons. The Morgan fingerprint density at radius 2 is 2.41 bits per heavy atom. The van der Waals surface area contributed by atoms with Crippen LogP contribution >= 0.6 is 0 Å². The molecular weight excluding hydrogens is 216 g/mol. The molecule has 2 rings (SSSR count). The van der Waals surface area contributed by atoms with Gasteiger partial charge in [0.15, 0.2) is 0 Å². The highest BCUT2D eigenvalue weighted by atomic mass is 16.1. The summed E-state index contributed by atoms with van der Waals surface area (Å²) >= 11 is 0. The Labute approximate surface area is 101 Å². The van der Waals surface area contributed by atoms with Crippen molar-refractivity contribution >= 4 is 5.82 Å². The van der Waals surface area contributed by atoms with Crippen molar-refractivity contribution in [1.82, 2.24) is 9.97 Å². The van der Waals surface area contributed by atoms with Crippen molar-refractivity contribution in [3.8, 4) is 0 Å². The van der Waals surface area contributed by atoms with Gasteiger partial charge in [0.2, 0.25) is 0 Å². The summed E-state index contributed by atoms with van der Waals surface area (Å²) in [6.45, 7) is 2.83. The number of H-pyrrole nitrogens is 1. The number of anilines is 1. The summed E-state index contributed by atoms with van der Waals surface area (Å²) in [4.78, 5) is 18.6. The van der Waals surface area contributed by atoms with Crippen LogP contribution in [0.25, 0.3) is 0 Å². The van der Waals surface area contributed by atoms with E-state index in [1.165, 1.54) is 6.07 Å². The second kappa shape index (κ2) is 5.31. The molecule has 17 heavy (non-hydrogen) atoms. The minimum absolute atomic E-state index is 0.0795. The first-order valence-corrected chi connectivity index (χ1v) is 6.29. The average molecular weight is 236 g/mol. The molecule has 0 amide bonds. The van der Waals surface area contributed by atoms with Crippen molar-refractivity contribution in [2.75, 3.05) is 11.9 Å². The van der Waals surface area contributed by atoms with Gasteiger partial charge in [0.25, 0.3) is 5.56 Å². The third-order valence-electron chi connectivity index (χ3n) is 3.07. The summed E-state index contributed by atoms with van der Waals surface area (Å²) < 4.78 is 0. The van der Waals surface area contributed by atoms with Crippen molar-refractivity contribution in [3.63, 3.8) is 0 Å². The van der Waals surface area contributed by atoms with Gasteiger partial charge in [-0.1, -0.05) is 6.92 Å². The molecule has 0 aromatic carbocycles. The van der Waals surface area contributed by atoms with Gasteiger partial charge in [0, 0.05) is 24.6 Å². The molecule has 1 aliphatic rings. The summed E-state index contributed by atoms with van der Waals surface area (Å²) in [5.74, 6) is 1.95. The molecule has 0 saturated heterocycles. The minimum atomic E-state index is -0.0795. The fourth-order valence-corrected chi connectivity index (χ4v) is 1.71. The Balaban J connectivity index is 1.93. The van der Waals surface area contributed by atoms with Crippen LogP contribution in [0, 0.1) is 0 Å². The van der Waals surface area contributed by atoms with Gasteiger partial charge in [-0.3, -0.25) is 4.79 Å². The highest BCUT2D eigenvalue weighted by Crippen LogP contribution is 2.37. The average Bonchev–Trinajstić information content (AvgIpc) is 3.12. The molecule has 1 unspecified atom stereocenters. The number of hydrogen-bond acceptors (Lipinski definition) is 4. The van der Waals surface area contributed by atoms with E-state index >= 15 is 0 Å². The van der Waals surface area contributed by atoms with Crippen LogP contribution in [0.15, 0.2) is 10.9 Å². The largest absolute Gasteiger partial charge is 0.370 e. The fraction of sp³-hybridized carbons (Fsp3) is 0.667. The predicted octanol–water partition coefficient (Wildman–Crippen LogP) is 1.19. The van der Waals surface area contributed by atoms with E-state index in [1.54, 1.807) is 0 Å². The lowest BCUT2D eigenvalue weighted by Crippen LogP contribution is -2.23. The standard InChI is InChI=1S/C12H20N4O/c1-2-9(13)5-6-14-10-7-11(17)16-12(15-10)8-3-4-8/h7-9H,2-6,13H2,1H3,(H2,14,15,16,17). The smallest absolute Gasteiger partial charge is 0.252 e. The van der Waals surface area contributed by atoms with E-state index in [0.29, 0.717) is 11.7 Å². The molecule has 4 N–H and O–H groups in total. The van der Waals surface area contributed by atoms with Crippen molar-refractivity contribution in [1.29, 1.82) is 0 Å². The number of hydrogen-bond donors (Lipinski definition) is 3. The Bertz CT molecular complexity index is 425. The molecule has 0 spiro atoms. The molecule has 1 aliphatic carbocycles. The van der Waals surface area contributed by atoms with E-state index in [4.69, 9.17) is 5.73 Å². The van der Waals surface area contributed by atoms with Crippen LogP contribution in [0.3, 0.4) is 0 Å². The van der Waals surface area contributed by atoms with E-state index in [-0.39, 0.29) is 11.6 Å². The third-order valence-corrected chi connectivity index (χ3v) is 3.07. The summed E-state index contributed by atoms with van der Waals surface area (Å²) in [6, 6.07) is 1.72. The molecule has 1 fully saturated rings. The second-order valence-corrected chi connectivity index (χ2v) is 4.67. The molecule has 1 aromatic rings. The molecule has 5 nitrogen and oxygen atoms in total. The maximum absolute atomic E-state index is 11.4. The predicted molar refractivity (Wildman–Crippen MR) is 68.2 cm³/mol. The maximum atomic E-state index is 11.4. The quantitative estimate of drug-likeness (QED) is 0.692. The molecule has 94 valence electrons. The Hall–Kier alpha value is -1.36. The van der Waals surface area contributed by atoms with Crippen molar-refractivity contribution in [2.24, 2.45) is 5.73 Å². The molecule has 1 atom stereocenters. The number of nitrogens with two attached hydrogens (primary N) is 1. The van der Waals surface area contributed by atoms with Gasteiger partial charge >= 0.3 is 0 Å². The molecule has 5 heteroatoms. The topological polar surface area (TPSA) is 83.8 Å². The highest BCUT2D eigenvalue weighted by Gasteiger charge is 2.26. The zero-order valence-electron chi connectivity index (χ0n) is 10.2.